The lowest BCUT2D eigenvalue weighted by Gasteiger charge is -2.11. The van der Waals surface area contributed by atoms with Gasteiger partial charge in [0.2, 0.25) is 5.82 Å². The Morgan fingerprint density at radius 3 is 2.89 bits per heavy atom. The quantitative estimate of drug-likeness (QED) is 0.834. The fraction of sp³-hybridized carbons (Fsp3) is 0.750. The molecule has 0 bridgehead atoms. The van der Waals surface area contributed by atoms with Crippen molar-refractivity contribution in [2.24, 2.45) is 0 Å². The Hall–Kier alpha value is -1.43. The molecular weight excluding hydrogens is 232 g/mol. The SMILES string of the molecule is COC1CCC(NC(=O)c2n[nH]c(C3CC3)n2)C1. The van der Waals surface area contributed by atoms with E-state index < -0.39 is 0 Å². The Morgan fingerprint density at radius 1 is 1.39 bits per heavy atom. The Balaban J connectivity index is 1.57. The highest BCUT2D eigenvalue weighted by Crippen LogP contribution is 2.37. The maximum atomic E-state index is 12.0. The molecule has 6 heteroatoms. The number of carbonyl (C=O) groups is 1. The standard InChI is InChI=1S/C12H18N4O2/c1-18-9-5-4-8(6-9)13-12(17)11-14-10(15-16-11)7-2-3-7/h7-9H,2-6H2,1H3,(H,13,17)(H,14,15,16). The fourth-order valence-corrected chi connectivity index (χ4v) is 2.45. The van der Waals surface area contributed by atoms with Gasteiger partial charge in [-0.05, 0) is 32.1 Å². The van der Waals surface area contributed by atoms with Crippen LogP contribution in [0.15, 0.2) is 0 Å². The molecule has 0 aliphatic heterocycles. The highest BCUT2D eigenvalue weighted by atomic mass is 16.5. The van der Waals surface area contributed by atoms with Crippen LogP contribution in [0.5, 0.6) is 0 Å². The molecule has 6 nitrogen and oxygen atoms in total. The average Bonchev–Trinajstić information content (AvgIpc) is 2.93. The van der Waals surface area contributed by atoms with Crippen molar-refractivity contribution in [3.05, 3.63) is 11.6 Å². The molecule has 2 atom stereocenters. The van der Waals surface area contributed by atoms with Crippen LogP contribution in [-0.2, 0) is 4.74 Å². The zero-order chi connectivity index (χ0) is 12.5. The zero-order valence-corrected chi connectivity index (χ0v) is 10.5. The summed E-state index contributed by atoms with van der Waals surface area (Å²) in [5, 5.41) is 9.79. The van der Waals surface area contributed by atoms with E-state index in [2.05, 4.69) is 20.5 Å². The van der Waals surface area contributed by atoms with Crippen LogP contribution in [0.1, 0.15) is 54.5 Å². The molecule has 0 spiro atoms. The molecule has 1 amide bonds. The summed E-state index contributed by atoms with van der Waals surface area (Å²) < 4.78 is 5.28. The van der Waals surface area contributed by atoms with Crippen LogP contribution in [0.25, 0.3) is 0 Å². The van der Waals surface area contributed by atoms with E-state index in [1.807, 2.05) is 0 Å². The van der Waals surface area contributed by atoms with Gasteiger partial charge in [-0.25, -0.2) is 4.98 Å². The van der Waals surface area contributed by atoms with Crippen LogP contribution in [0.2, 0.25) is 0 Å². The number of rotatable bonds is 4. The first-order chi connectivity index (χ1) is 8.76. The number of carbonyl (C=O) groups excluding carboxylic acids is 1. The smallest absolute Gasteiger partial charge is 0.291 e. The maximum absolute atomic E-state index is 12.0. The van der Waals surface area contributed by atoms with Crippen molar-refractivity contribution in [1.29, 1.82) is 0 Å². The number of nitrogens with one attached hydrogen (secondary N) is 2. The molecule has 1 heterocycles. The van der Waals surface area contributed by atoms with Gasteiger partial charge in [0.25, 0.3) is 5.91 Å². The number of aromatic amines is 1. The van der Waals surface area contributed by atoms with Crippen molar-refractivity contribution >= 4 is 5.91 Å². The van der Waals surface area contributed by atoms with Gasteiger partial charge in [0.05, 0.1) is 6.10 Å². The van der Waals surface area contributed by atoms with Gasteiger partial charge in [0.1, 0.15) is 5.82 Å². The maximum Gasteiger partial charge on any atom is 0.291 e. The molecule has 2 aliphatic rings. The molecule has 2 fully saturated rings. The van der Waals surface area contributed by atoms with Crippen LogP contribution < -0.4 is 5.32 Å². The minimum atomic E-state index is -0.181. The van der Waals surface area contributed by atoms with Crippen LogP contribution in [0.3, 0.4) is 0 Å². The van der Waals surface area contributed by atoms with E-state index in [9.17, 15) is 4.79 Å². The number of hydrogen-bond donors (Lipinski definition) is 2. The predicted molar refractivity (Wildman–Crippen MR) is 64.3 cm³/mol. The first-order valence-electron chi connectivity index (χ1n) is 6.52. The second-order valence-corrected chi connectivity index (χ2v) is 5.16. The van der Waals surface area contributed by atoms with Gasteiger partial charge in [-0.2, -0.15) is 0 Å². The summed E-state index contributed by atoms with van der Waals surface area (Å²) in [5.41, 5.74) is 0. The summed E-state index contributed by atoms with van der Waals surface area (Å²) in [6.07, 6.45) is 5.40. The van der Waals surface area contributed by atoms with Gasteiger partial charge >= 0.3 is 0 Å². The van der Waals surface area contributed by atoms with Crippen LogP contribution in [0.4, 0.5) is 0 Å². The molecule has 98 valence electrons. The molecule has 0 saturated heterocycles. The van der Waals surface area contributed by atoms with Crippen molar-refractivity contribution in [2.75, 3.05) is 7.11 Å². The van der Waals surface area contributed by atoms with Crippen LogP contribution in [0, 0.1) is 0 Å². The minimum absolute atomic E-state index is 0.181. The van der Waals surface area contributed by atoms with E-state index in [0.29, 0.717) is 5.92 Å². The summed E-state index contributed by atoms with van der Waals surface area (Å²) in [5.74, 6) is 1.42. The molecule has 2 saturated carbocycles. The van der Waals surface area contributed by atoms with E-state index >= 15 is 0 Å². The third kappa shape index (κ3) is 2.38. The predicted octanol–water partition coefficient (Wildman–Crippen LogP) is 0.979. The Morgan fingerprint density at radius 2 is 2.22 bits per heavy atom. The third-order valence-corrected chi connectivity index (χ3v) is 3.72. The lowest BCUT2D eigenvalue weighted by Crippen LogP contribution is -2.34. The Bertz CT molecular complexity index is 441. The van der Waals surface area contributed by atoms with Crippen molar-refractivity contribution in [2.45, 2.75) is 50.2 Å². The second kappa shape index (κ2) is 4.68. The number of amides is 1. The highest BCUT2D eigenvalue weighted by molar-refractivity contribution is 5.90. The molecule has 18 heavy (non-hydrogen) atoms. The highest BCUT2D eigenvalue weighted by Gasteiger charge is 2.30. The summed E-state index contributed by atoms with van der Waals surface area (Å²) in [6, 6.07) is 0.185. The molecule has 3 rings (SSSR count). The van der Waals surface area contributed by atoms with Crippen molar-refractivity contribution in [1.82, 2.24) is 20.5 Å². The first kappa shape index (κ1) is 11.6. The summed E-state index contributed by atoms with van der Waals surface area (Å²) >= 11 is 0. The number of nitrogens with zero attached hydrogens (tertiary/aromatic N) is 2. The van der Waals surface area contributed by atoms with Crippen molar-refractivity contribution < 1.29 is 9.53 Å². The second-order valence-electron chi connectivity index (χ2n) is 5.16. The Kier molecular flexibility index (Phi) is 3.03. The number of ether oxygens (including phenoxy) is 1. The van der Waals surface area contributed by atoms with Gasteiger partial charge in [-0.3, -0.25) is 9.89 Å². The first-order valence-corrected chi connectivity index (χ1v) is 6.52. The zero-order valence-electron chi connectivity index (χ0n) is 10.5. The van der Waals surface area contributed by atoms with Gasteiger partial charge < -0.3 is 10.1 Å². The lowest BCUT2D eigenvalue weighted by molar-refractivity contribution is 0.0906. The fourth-order valence-electron chi connectivity index (χ4n) is 2.45. The molecule has 1 aromatic rings. The largest absolute Gasteiger partial charge is 0.381 e. The normalized spacial score (nSPS) is 27.4. The number of H-pyrrole nitrogens is 1. The van der Waals surface area contributed by atoms with E-state index in [0.717, 1.165) is 37.9 Å². The van der Waals surface area contributed by atoms with Crippen molar-refractivity contribution in [3.63, 3.8) is 0 Å². The topological polar surface area (TPSA) is 79.9 Å². The van der Waals surface area contributed by atoms with Gasteiger partial charge in [-0.1, -0.05) is 0 Å². The third-order valence-electron chi connectivity index (χ3n) is 3.72. The van der Waals surface area contributed by atoms with Gasteiger partial charge in [0, 0.05) is 19.1 Å². The molecule has 0 aromatic carbocycles. The molecule has 2 aliphatic carbocycles. The number of methoxy groups -OCH3 is 1. The van der Waals surface area contributed by atoms with Crippen LogP contribution in [-0.4, -0.2) is 40.3 Å². The minimum Gasteiger partial charge on any atom is -0.381 e. The molecular formula is C12H18N4O2. The van der Waals surface area contributed by atoms with Gasteiger partial charge in [-0.15, -0.1) is 5.10 Å². The Labute approximate surface area is 106 Å². The molecule has 2 N–H and O–H groups in total. The van der Waals surface area contributed by atoms with Crippen molar-refractivity contribution in [3.8, 4) is 0 Å². The molecule has 0 radical (unpaired) electrons. The van der Waals surface area contributed by atoms with E-state index in [1.54, 1.807) is 7.11 Å². The summed E-state index contributed by atoms with van der Waals surface area (Å²) in [7, 11) is 1.71. The van der Waals surface area contributed by atoms with E-state index in [-0.39, 0.29) is 23.9 Å². The van der Waals surface area contributed by atoms with E-state index in [1.165, 1.54) is 0 Å². The number of hydrogen-bond acceptors (Lipinski definition) is 4. The summed E-state index contributed by atoms with van der Waals surface area (Å²) in [6.45, 7) is 0. The van der Waals surface area contributed by atoms with Crippen LogP contribution >= 0.6 is 0 Å². The molecule has 1 aromatic heterocycles. The van der Waals surface area contributed by atoms with E-state index in [4.69, 9.17) is 4.74 Å². The molecule has 2 unspecified atom stereocenters. The number of aromatic nitrogens is 3. The summed E-state index contributed by atoms with van der Waals surface area (Å²) in [4.78, 5) is 16.2. The average molecular weight is 250 g/mol. The monoisotopic (exact) mass is 250 g/mol. The van der Waals surface area contributed by atoms with Gasteiger partial charge in [0.15, 0.2) is 0 Å². The lowest BCUT2D eigenvalue weighted by atomic mass is 10.2.